The predicted molar refractivity (Wildman–Crippen MR) is 413 cm³/mol. The number of H-pyrrole nitrogens is 2. The summed E-state index contributed by atoms with van der Waals surface area (Å²) in [5.41, 5.74) is 12.1. The van der Waals surface area contributed by atoms with Crippen molar-refractivity contribution in [1.29, 1.82) is 0 Å². The highest BCUT2D eigenvalue weighted by Gasteiger charge is 2.44. The van der Waals surface area contributed by atoms with Crippen molar-refractivity contribution in [2.45, 2.75) is 210 Å². The molecule has 0 unspecified atom stereocenters. The summed E-state index contributed by atoms with van der Waals surface area (Å²) in [4.78, 5) is 271. The number of primary amides is 1. The minimum atomic E-state index is -1.99. The highest BCUT2D eigenvalue weighted by atomic mass is 33.1. The van der Waals surface area contributed by atoms with Crippen LogP contribution in [0.1, 0.15) is 118 Å². The Balaban J connectivity index is 1.47. The summed E-state index contributed by atoms with van der Waals surface area (Å²) < 4.78 is 0. The van der Waals surface area contributed by atoms with Gasteiger partial charge in [0.25, 0.3) is 0 Å². The summed E-state index contributed by atoms with van der Waals surface area (Å²) in [6.45, 7) is 8.92. The van der Waals surface area contributed by atoms with Gasteiger partial charge in [0.15, 0.2) is 0 Å². The largest absolute Gasteiger partial charge is 0.481 e. The van der Waals surface area contributed by atoms with Gasteiger partial charge in [-0.1, -0.05) is 91.1 Å². The number of hydrogen-bond acceptors (Lipinski definition) is 26. The molecule has 4 fully saturated rings. The quantitative estimate of drug-likeness (QED) is 0.0617. The molecule has 46 heteroatoms. The molecular formula is C68H103N21O21S4. The molecule has 4 aliphatic rings. The second kappa shape index (κ2) is 45.3. The molecule has 4 saturated heterocycles. The number of aliphatic carboxylic acids is 2. The molecule has 16 atom stereocenters. The van der Waals surface area contributed by atoms with Crippen LogP contribution >= 0.6 is 43.2 Å². The third-order valence-corrected chi connectivity index (χ3v) is 23.8. The van der Waals surface area contributed by atoms with E-state index in [2.05, 4.69) is 89.1 Å². The first kappa shape index (κ1) is 93.1. The Bertz CT molecular complexity index is 3770. The molecule has 22 N–H and O–H groups in total. The molecule has 630 valence electrons. The zero-order valence-corrected chi connectivity index (χ0v) is 67.2. The van der Waals surface area contributed by atoms with E-state index in [-0.39, 0.29) is 70.2 Å². The molecule has 0 radical (unpaired) electrons. The molecule has 2 aromatic heterocycles. The number of nitrogens with one attached hydrogen (secondary N) is 15. The fourth-order valence-electron chi connectivity index (χ4n) is 12.5. The van der Waals surface area contributed by atoms with Gasteiger partial charge >= 0.3 is 11.9 Å². The molecule has 2 bridgehead atoms. The summed E-state index contributed by atoms with van der Waals surface area (Å²) in [6, 6.07) is -24.2. The van der Waals surface area contributed by atoms with E-state index in [0.29, 0.717) is 5.69 Å². The standard InChI is InChI=1S/C68H103N21O21S4/c1-8-33(6)53-66(108)83-43(54(70)96)25-111-113-28-46-62(104)82-42(24-90)59(101)81-41(19-36-23-72-30-74-36)68(110)88-15-9-11-47(88)63(105)75-34(7)55(97)84-45(27-114-112-26-44(60(102)85-46)76-49(91)21-69)61(103)78-38(17-31(2)3)58(100)86-52(32(4)5)65(107)79-39(20-51(94)95)57(99)80-40(18-35-22-71-29-73-35)67(109)89-16-10-12-48(89)64(106)77-37(56(98)87-53)13-14-50(92)93/h22-23,29-34,37-48,52-53,90H,8-21,24-28,69H2,1-7H3,(H2,70,96)(H,71,73)(H,72,74)(H,75,105)(H,76,91)(H,77,106)(H,78,103)(H,79,107)(H,80,99)(H,81,101)(H,82,104)(H,83,108)(H,84,97)(H,85,102)(H,86,100)(H,87,98)(H,92,93)(H,94,95)/t33-,34-,37-,38-,39-,40-,41-,42-,43-,44-,45-,46-,47-,48-,52-,53-/m0/s1. The van der Waals surface area contributed by atoms with Crippen LogP contribution < -0.4 is 80.6 Å². The molecule has 42 nitrogen and oxygen atoms in total. The molecule has 114 heavy (non-hydrogen) atoms. The Labute approximate surface area is 671 Å². The minimum Gasteiger partial charge on any atom is -0.481 e. The average Bonchev–Trinajstić information content (AvgIpc) is 1.79. The van der Waals surface area contributed by atoms with Gasteiger partial charge in [0.05, 0.1) is 32.2 Å². The lowest BCUT2D eigenvalue weighted by Crippen LogP contribution is -2.62. The van der Waals surface area contributed by atoms with Crippen LogP contribution in [0.25, 0.3) is 0 Å². The first-order valence-electron chi connectivity index (χ1n) is 37.1. The van der Waals surface area contributed by atoms with Gasteiger partial charge in [-0.2, -0.15) is 0 Å². The number of aliphatic hydroxyl groups excluding tert-OH is 1. The molecule has 16 amide bonds. The van der Waals surface area contributed by atoms with Crippen LogP contribution in [0.4, 0.5) is 0 Å². The number of amides is 16. The van der Waals surface area contributed by atoms with Crippen molar-refractivity contribution in [3.8, 4) is 0 Å². The third kappa shape index (κ3) is 28.0. The molecule has 0 aliphatic carbocycles. The minimum absolute atomic E-state index is 0.0377. The van der Waals surface area contributed by atoms with Gasteiger partial charge in [0.1, 0.15) is 90.6 Å². The molecule has 2 aromatic rings. The first-order valence-corrected chi connectivity index (χ1v) is 42.0. The van der Waals surface area contributed by atoms with Crippen molar-refractivity contribution in [3.05, 3.63) is 36.4 Å². The lowest BCUT2D eigenvalue weighted by atomic mass is 9.97. The number of imidazole rings is 2. The molecule has 6 rings (SSSR count). The van der Waals surface area contributed by atoms with Crippen molar-refractivity contribution in [2.75, 3.05) is 49.3 Å². The summed E-state index contributed by atoms with van der Waals surface area (Å²) in [5.74, 6) is -23.0. The Morgan fingerprint density at radius 2 is 1.00 bits per heavy atom. The monoisotopic (exact) mass is 1680 g/mol. The van der Waals surface area contributed by atoms with Gasteiger partial charge in [-0.15, -0.1) is 0 Å². The number of carboxylic acid groups (broad SMARTS) is 2. The maximum Gasteiger partial charge on any atom is 0.305 e. The number of nitrogens with zero attached hydrogens (tertiary/aromatic N) is 4. The number of carbonyl (C=O) groups excluding carboxylic acids is 16. The van der Waals surface area contributed by atoms with Crippen molar-refractivity contribution in [1.82, 2.24) is 98.9 Å². The Kier molecular flexibility index (Phi) is 37.0. The second-order valence-corrected chi connectivity index (χ2v) is 33.6. The van der Waals surface area contributed by atoms with E-state index < -0.39 is 270 Å². The Morgan fingerprint density at radius 3 is 1.49 bits per heavy atom. The zero-order valence-electron chi connectivity index (χ0n) is 63.9. The number of aliphatic hydroxyl groups is 1. The number of rotatable bonds is 18. The number of nitrogens with two attached hydrogens (primary N) is 2. The molecular weight excluding hydrogens is 1580 g/mol. The molecule has 6 heterocycles. The molecule has 0 saturated carbocycles. The number of aromatic amines is 2. The number of carbonyl (C=O) groups is 18. The van der Waals surface area contributed by atoms with E-state index in [4.69, 9.17) is 11.5 Å². The Hall–Kier alpha value is -9.80. The van der Waals surface area contributed by atoms with E-state index in [1.54, 1.807) is 27.7 Å². The maximum atomic E-state index is 14.9. The number of fused-ring (bicyclic) bond motifs is 10. The highest BCUT2D eigenvalue weighted by Crippen LogP contribution is 2.28. The highest BCUT2D eigenvalue weighted by molar-refractivity contribution is 8.77. The van der Waals surface area contributed by atoms with Crippen LogP contribution in [0.5, 0.6) is 0 Å². The van der Waals surface area contributed by atoms with Gasteiger partial charge in [-0.3, -0.25) is 86.3 Å². The van der Waals surface area contributed by atoms with Crippen LogP contribution in [0.15, 0.2) is 25.0 Å². The van der Waals surface area contributed by atoms with Crippen LogP contribution in [-0.2, 0) is 99.1 Å². The van der Waals surface area contributed by atoms with Gasteiger partial charge in [0.2, 0.25) is 94.5 Å². The summed E-state index contributed by atoms with van der Waals surface area (Å²) in [5, 5.41) is 63.6. The second-order valence-electron chi connectivity index (χ2n) is 28.5. The van der Waals surface area contributed by atoms with Crippen LogP contribution in [-0.4, -0.2) is 291 Å². The average molecular weight is 1680 g/mol. The zero-order chi connectivity index (χ0) is 84.2. The maximum absolute atomic E-state index is 14.9. The van der Waals surface area contributed by atoms with Gasteiger partial charge in [-0.05, 0) is 63.2 Å². The smallest absolute Gasteiger partial charge is 0.305 e. The van der Waals surface area contributed by atoms with Crippen molar-refractivity contribution in [2.24, 2.45) is 29.2 Å². The molecule has 4 aliphatic heterocycles. The number of carboxylic acids is 2. The number of aromatic nitrogens is 4. The van der Waals surface area contributed by atoms with E-state index in [0.717, 1.165) is 48.1 Å². The first-order chi connectivity index (χ1) is 54.0. The van der Waals surface area contributed by atoms with Crippen LogP contribution in [0, 0.1) is 17.8 Å². The number of hydrogen-bond donors (Lipinski definition) is 20. The van der Waals surface area contributed by atoms with Crippen molar-refractivity contribution < 1.29 is 102 Å². The van der Waals surface area contributed by atoms with E-state index in [9.17, 15) is 102 Å². The van der Waals surface area contributed by atoms with E-state index in [1.807, 2.05) is 0 Å². The van der Waals surface area contributed by atoms with E-state index >= 15 is 0 Å². The van der Waals surface area contributed by atoms with Crippen molar-refractivity contribution >= 4 is 150 Å². The molecule has 0 aromatic carbocycles. The topological polar surface area (TPSA) is 640 Å². The van der Waals surface area contributed by atoms with Crippen LogP contribution in [0.2, 0.25) is 0 Å². The fraction of sp³-hybridized carbons (Fsp3) is 0.647. The van der Waals surface area contributed by atoms with Crippen molar-refractivity contribution in [3.63, 3.8) is 0 Å². The fourth-order valence-corrected chi connectivity index (χ4v) is 17.2. The Morgan fingerprint density at radius 1 is 0.535 bits per heavy atom. The normalized spacial score (nSPS) is 28.0. The van der Waals surface area contributed by atoms with Crippen LogP contribution in [0.3, 0.4) is 0 Å². The summed E-state index contributed by atoms with van der Waals surface area (Å²) >= 11 is 0. The third-order valence-electron chi connectivity index (χ3n) is 19.0. The van der Waals surface area contributed by atoms with Gasteiger partial charge in [-0.25, -0.2) is 9.97 Å². The molecule has 0 spiro atoms. The summed E-state index contributed by atoms with van der Waals surface area (Å²) in [7, 11) is 3.31. The predicted octanol–water partition coefficient (Wildman–Crippen LogP) is -6.46. The SMILES string of the molecule is CC[C@H](C)[C@@H]1NC(=O)[C@H](CCC(=O)O)NC(=O)[C@@H]2CCCN2C(=O)[C@H](Cc2cnc[nH]2)NC(=O)[C@H](CC(=O)O)NC(=O)[C@H](C(C)C)NC(=O)[C@H](CC(C)C)NC(=O)[C@@H]2CSSC[C@H](NC(=O)CN)C(=O)N[C@@H](CSSC[C@@H](C(N)=O)NC1=O)C(=O)N[C@@H](CO)C(=O)N[C@@H](Cc1cnc[nH]1)C(=O)N1CCC[C@H]1C(=O)N[C@@H](C)C(=O)N2. The lowest BCUT2D eigenvalue weighted by Gasteiger charge is -2.31. The van der Waals surface area contributed by atoms with Gasteiger partial charge < -0.3 is 116 Å². The summed E-state index contributed by atoms with van der Waals surface area (Å²) in [6.07, 6.45) is 2.64. The van der Waals surface area contributed by atoms with Gasteiger partial charge in [0, 0.05) is 79.1 Å². The van der Waals surface area contributed by atoms with E-state index in [1.165, 1.54) is 50.7 Å². The lowest BCUT2D eigenvalue weighted by molar-refractivity contribution is -0.144.